The van der Waals surface area contributed by atoms with Crippen molar-refractivity contribution in [2.45, 2.75) is 26.4 Å². The van der Waals surface area contributed by atoms with Crippen LogP contribution in [0.4, 0.5) is 5.69 Å². The van der Waals surface area contributed by atoms with E-state index in [-0.39, 0.29) is 16.6 Å². The molecule has 0 aliphatic heterocycles. The highest BCUT2D eigenvalue weighted by molar-refractivity contribution is 6.32. The maximum Gasteiger partial charge on any atom is 0.288 e. The predicted octanol–water partition coefficient (Wildman–Crippen LogP) is 2.54. The fraction of sp³-hybridized carbons (Fsp3) is 0.417. The average Bonchev–Trinajstić information content (AvgIpc) is 2.35. The number of nitrogens with zero attached hydrogens (tertiary/aromatic N) is 1. The molecule has 1 atom stereocenters. The van der Waals surface area contributed by atoms with Crippen LogP contribution in [0.3, 0.4) is 0 Å². The molecule has 0 heterocycles. The Balaban J connectivity index is 2.69. The normalized spacial score (nSPS) is 11.7. The van der Waals surface area contributed by atoms with E-state index in [1.165, 1.54) is 18.2 Å². The van der Waals surface area contributed by atoms with E-state index in [2.05, 4.69) is 5.32 Å². The zero-order valence-corrected chi connectivity index (χ0v) is 11.4. The average molecular weight is 287 g/mol. The van der Waals surface area contributed by atoms with E-state index in [4.69, 9.17) is 16.3 Å². The van der Waals surface area contributed by atoms with E-state index in [0.717, 1.165) is 6.42 Å². The summed E-state index contributed by atoms with van der Waals surface area (Å²) in [6, 6.07) is 3.98. The summed E-state index contributed by atoms with van der Waals surface area (Å²) in [5.74, 6) is 0.0751. The molecule has 1 aromatic carbocycles. The van der Waals surface area contributed by atoms with Gasteiger partial charge in [0, 0.05) is 18.7 Å². The summed E-state index contributed by atoms with van der Waals surface area (Å²) < 4.78 is 5.37. The molecule has 0 fully saturated rings. The van der Waals surface area contributed by atoms with Gasteiger partial charge in [-0.1, -0.05) is 18.5 Å². The summed E-state index contributed by atoms with van der Waals surface area (Å²) in [5.41, 5.74) is -0.197. The van der Waals surface area contributed by atoms with Crippen molar-refractivity contribution in [3.8, 4) is 5.75 Å². The Hall–Kier alpha value is -1.82. The second-order valence-corrected chi connectivity index (χ2v) is 4.33. The number of ether oxygens (including phenoxy) is 1. The number of hydrogen-bond acceptors (Lipinski definition) is 4. The highest BCUT2D eigenvalue weighted by Crippen LogP contribution is 2.28. The number of nitrogens with one attached hydrogen (secondary N) is 1. The van der Waals surface area contributed by atoms with Crippen LogP contribution in [0.15, 0.2) is 18.2 Å². The van der Waals surface area contributed by atoms with Gasteiger partial charge in [0.2, 0.25) is 0 Å². The number of amides is 1. The molecule has 0 aliphatic carbocycles. The van der Waals surface area contributed by atoms with Gasteiger partial charge >= 0.3 is 0 Å². The predicted molar refractivity (Wildman–Crippen MR) is 71.5 cm³/mol. The molecule has 0 spiro atoms. The highest BCUT2D eigenvalue weighted by Gasteiger charge is 2.17. The zero-order chi connectivity index (χ0) is 14.4. The van der Waals surface area contributed by atoms with Gasteiger partial charge in [-0.3, -0.25) is 14.9 Å². The third-order valence-corrected chi connectivity index (χ3v) is 2.65. The molecule has 1 aromatic rings. The lowest BCUT2D eigenvalue weighted by Gasteiger charge is -2.14. The fourth-order valence-corrected chi connectivity index (χ4v) is 1.60. The van der Waals surface area contributed by atoms with Crippen LogP contribution in [-0.2, 0) is 4.79 Å². The zero-order valence-electron chi connectivity index (χ0n) is 10.7. The number of carbonyl (C=O) groups is 1. The van der Waals surface area contributed by atoms with Gasteiger partial charge in [0.15, 0.2) is 6.10 Å². The monoisotopic (exact) mass is 286 g/mol. The van der Waals surface area contributed by atoms with Gasteiger partial charge < -0.3 is 10.1 Å². The van der Waals surface area contributed by atoms with E-state index in [1.807, 2.05) is 6.92 Å². The Bertz CT molecular complexity index is 479. The van der Waals surface area contributed by atoms with Crippen molar-refractivity contribution in [3.63, 3.8) is 0 Å². The van der Waals surface area contributed by atoms with E-state index >= 15 is 0 Å². The number of hydrogen-bond donors (Lipinski definition) is 1. The molecule has 6 nitrogen and oxygen atoms in total. The molecule has 0 aromatic heterocycles. The first kappa shape index (κ1) is 15.2. The number of rotatable bonds is 6. The van der Waals surface area contributed by atoms with E-state index in [0.29, 0.717) is 12.3 Å². The van der Waals surface area contributed by atoms with Crippen molar-refractivity contribution in [2.24, 2.45) is 0 Å². The molecule has 0 radical (unpaired) electrons. The van der Waals surface area contributed by atoms with Crippen molar-refractivity contribution >= 4 is 23.2 Å². The Kier molecular flexibility index (Phi) is 5.57. The molecule has 0 saturated carbocycles. The van der Waals surface area contributed by atoms with Crippen molar-refractivity contribution < 1.29 is 14.5 Å². The smallest absolute Gasteiger partial charge is 0.288 e. The number of nitro groups is 1. The van der Waals surface area contributed by atoms with E-state index in [1.54, 1.807) is 6.92 Å². The number of halogens is 1. The first-order valence-corrected chi connectivity index (χ1v) is 6.21. The van der Waals surface area contributed by atoms with Crippen LogP contribution in [0.1, 0.15) is 20.3 Å². The summed E-state index contributed by atoms with van der Waals surface area (Å²) in [6.45, 7) is 4.12. The Morgan fingerprint density at radius 2 is 2.26 bits per heavy atom. The van der Waals surface area contributed by atoms with Gasteiger partial charge in [0.25, 0.3) is 11.6 Å². The molecular weight excluding hydrogens is 272 g/mol. The van der Waals surface area contributed by atoms with Crippen molar-refractivity contribution in [2.75, 3.05) is 6.54 Å². The van der Waals surface area contributed by atoms with E-state index < -0.39 is 11.0 Å². The second kappa shape index (κ2) is 6.94. The lowest BCUT2D eigenvalue weighted by atomic mass is 10.3. The maximum absolute atomic E-state index is 11.6. The van der Waals surface area contributed by atoms with Crippen LogP contribution in [0.25, 0.3) is 0 Å². The standard InChI is InChI=1S/C12H15ClN2O4/c1-3-6-14-12(16)8(2)19-9-4-5-11(15(17)18)10(13)7-9/h4-5,7-8H,3,6H2,1-2H3,(H,14,16). The minimum Gasteiger partial charge on any atom is -0.481 e. The van der Waals surface area contributed by atoms with Gasteiger partial charge in [-0.05, 0) is 19.4 Å². The van der Waals surface area contributed by atoms with Gasteiger partial charge in [-0.25, -0.2) is 0 Å². The summed E-state index contributed by atoms with van der Waals surface area (Å²) in [5, 5.41) is 13.3. The second-order valence-electron chi connectivity index (χ2n) is 3.92. The molecule has 1 amide bonds. The minimum absolute atomic E-state index is 0.0244. The largest absolute Gasteiger partial charge is 0.481 e. The van der Waals surface area contributed by atoms with Crippen LogP contribution in [-0.4, -0.2) is 23.5 Å². The molecule has 1 unspecified atom stereocenters. The summed E-state index contributed by atoms with van der Waals surface area (Å²) >= 11 is 5.75. The lowest BCUT2D eigenvalue weighted by Crippen LogP contribution is -2.36. The molecule has 0 saturated heterocycles. The van der Waals surface area contributed by atoms with Gasteiger partial charge in [-0.15, -0.1) is 0 Å². The third kappa shape index (κ3) is 4.40. The van der Waals surface area contributed by atoms with Gasteiger partial charge in [-0.2, -0.15) is 0 Å². The van der Waals surface area contributed by atoms with Crippen LogP contribution in [0, 0.1) is 10.1 Å². The molecule has 1 rings (SSSR count). The molecular formula is C12H15ClN2O4. The summed E-state index contributed by atoms with van der Waals surface area (Å²) in [6.07, 6.45) is 0.144. The molecule has 104 valence electrons. The van der Waals surface area contributed by atoms with Crippen LogP contribution in [0.2, 0.25) is 5.02 Å². The fourth-order valence-electron chi connectivity index (χ4n) is 1.36. The van der Waals surface area contributed by atoms with E-state index in [9.17, 15) is 14.9 Å². The van der Waals surface area contributed by atoms with Gasteiger partial charge in [0.1, 0.15) is 10.8 Å². The maximum atomic E-state index is 11.6. The summed E-state index contributed by atoms with van der Waals surface area (Å²) in [4.78, 5) is 21.6. The number of nitro benzene ring substituents is 1. The van der Waals surface area contributed by atoms with Crippen molar-refractivity contribution in [1.29, 1.82) is 0 Å². The molecule has 1 N–H and O–H groups in total. The number of benzene rings is 1. The molecule has 7 heteroatoms. The Labute approximate surface area is 115 Å². The Morgan fingerprint density at radius 3 is 2.79 bits per heavy atom. The molecule has 0 aliphatic rings. The topological polar surface area (TPSA) is 81.5 Å². The van der Waals surface area contributed by atoms with Crippen LogP contribution >= 0.6 is 11.6 Å². The minimum atomic E-state index is -0.691. The molecule has 19 heavy (non-hydrogen) atoms. The SMILES string of the molecule is CCCNC(=O)C(C)Oc1ccc([N+](=O)[O-])c(Cl)c1. The third-order valence-electron chi connectivity index (χ3n) is 2.35. The van der Waals surface area contributed by atoms with Crippen LogP contribution in [0.5, 0.6) is 5.75 Å². The molecule has 0 bridgehead atoms. The number of carbonyl (C=O) groups excluding carboxylic acids is 1. The summed E-state index contributed by atoms with van der Waals surface area (Å²) in [7, 11) is 0. The first-order valence-electron chi connectivity index (χ1n) is 5.84. The highest BCUT2D eigenvalue weighted by atomic mass is 35.5. The quantitative estimate of drug-likeness (QED) is 0.643. The van der Waals surface area contributed by atoms with Gasteiger partial charge in [0.05, 0.1) is 4.92 Å². The first-order chi connectivity index (χ1) is 8.95. The van der Waals surface area contributed by atoms with Crippen molar-refractivity contribution in [1.82, 2.24) is 5.32 Å². The van der Waals surface area contributed by atoms with Crippen LogP contribution < -0.4 is 10.1 Å². The van der Waals surface area contributed by atoms with Crippen molar-refractivity contribution in [3.05, 3.63) is 33.3 Å². The Morgan fingerprint density at radius 1 is 1.58 bits per heavy atom. The lowest BCUT2D eigenvalue weighted by molar-refractivity contribution is -0.384.